The lowest BCUT2D eigenvalue weighted by atomic mass is 9.88. The molecule has 0 radical (unpaired) electrons. The Labute approximate surface area is 210 Å². The molecule has 1 heterocycles. The third-order valence-corrected chi connectivity index (χ3v) is 6.29. The number of unbranched alkanes of at least 4 members (excludes halogenated alkanes) is 9. The summed E-state index contributed by atoms with van der Waals surface area (Å²) in [5.41, 5.74) is 7.31. The minimum absolute atomic E-state index is 0.0990. The van der Waals surface area contributed by atoms with Gasteiger partial charge in [-0.3, -0.25) is 9.59 Å². The number of nitrogens with two attached hydrogens (primary N) is 1. The van der Waals surface area contributed by atoms with Crippen LogP contribution in [0.25, 0.3) is 0 Å². The fourth-order valence-electron chi connectivity index (χ4n) is 4.28. The van der Waals surface area contributed by atoms with Crippen LogP contribution >= 0.6 is 0 Å². The van der Waals surface area contributed by atoms with Gasteiger partial charge in [0.25, 0.3) is 0 Å². The smallest absolute Gasteiger partial charge is 0.332 e. The fraction of sp³-hybridized carbons (Fsp3) is 0.552. The first-order valence-electron chi connectivity index (χ1n) is 13.3. The molecule has 0 aromatic heterocycles. The van der Waals surface area contributed by atoms with Gasteiger partial charge < -0.3 is 10.6 Å². The van der Waals surface area contributed by atoms with Crippen LogP contribution in [-0.4, -0.2) is 22.7 Å². The van der Waals surface area contributed by atoms with E-state index in [0.717, 1.165) is 23.5 Å². The second-order valence-electron chi connectivity index (χ2n) is 9.34. The molecule has 6 nitrogen and oxygen atoms in total. The van der Waals surface area contributed by atoms with Gasteiger partial charge in [0.1, 0.15) is 0 Å². The summed E-state index contributed by atoms with van der Waals surface area (Å²) in [6.45, 7) is 4.12. The van der Waals surface area contributed by atoms with Crippen molar-refractivity contribution in [1.29, 1.82) is 0 Å². The Morgan fingerprint density at radius 3 is 2.20 bits per heavy atom. The van der Waals surface area contributed by atoms with Crippen LogP contribution in [0, 0.1) is 5.92 Å². The molecule has 2 N–H and O–H groups in total. The molecule has 35 heavy (non-hydrogen) atoms. The maximum Gasteiger partial charge on any atom is 0.332 e. The van der Waals surface area contributed by atoms with E-state index in [1.54, 1.807) is 12.1 Å². The number of benzene rings is 1. The molecule has 2 rings (SSSR count). The van der Waals surface area contributed by atoms with E-state index in [1.165, 1.54) is 70.2 Å². The molecule has 192 valence electrons. The van der Waals surface area contributed by atoms with Crippen molar-refractivity contribution in [3.63, 3.8) is 0 Å². The van der Waals surface area contributed by atoms with E-state index < -0.39 is 17.8 Å². The van der Waals surface area contributed by atoms with Crippen LogP contribution in [0.3, 0.4) is 0 Å². The number of hydroxylamine groups is 2. The van der Waals surface area contributed by atoms with Gasteiger partial charge in [-0.25, -0.2) is 4.79 Å². The topological polar surface area (TPSA) is 89.7 Å². The maximum absolute atomic E-state index is 13.2. The Morgan fingerprint density at radius 1 is 0.914 bits per heavy atom. The van der Waals surface area contributed by atoms with Gasteiger partial charge in [-0.05, 0) is 37.0 Å². The lowest BCUT2D eigenvalue weighted by Crippen LogP contribution is -2.31. The summed E-state index contributed by atoms with van der Waals surface area (Å²) < 4.78 is 0. The molecule has 0 fully saturated rings. The van der Waals surface area contributed by atoms with Crippen LogP contribution in [-0.2, 0) is 20.8 Å². The van der Waals surface area contributed by atoms with E-state index in [2.05, 4.69) is 6.92 Å². The molecule has 0 bridgehead atoms. The van der Waals surface area contributed by atoms with Crippen molar-refractivity contribution < 1.29 is 19.2 Å². The number of nitrogens with zero attached hydrogens (tertiary/aromatic N) is 1. The number of Topliss-reactive ketones (excluding diaryl/α,β-unsaturated/α-hetero) is 1. The number of rotatable bonds is 17. The zero-order valence-electron chi connectivity index (χ0n) is 21.5. The SMILES string of the molecule is CCCCCCCCCCCCc1cccc(C(=O)C2C=CN(OC(=O)CCC)C=C2C(N)=O)c1. The molecule has 0 saturated heterocycles. The normalized spacial score (nSPS) is 15.1. The Balaban J connectivity index is 1.86. The van der Waals surface area contributed by atoms with E-state index >= 15 is 0 Å². The van der Waals surface area contributed by atoms with Crippen molar-refractivity contribution >= 4 is 17.7 Å². The molecule has 1 aliphatic rings. The second-order valence-corrected chi connectivity index (χ2v) is 9.34. The minimum atomic E-state index is -0.804. The van der Waals surface area contributed by atoms with Gasteiger partial charge in [0.2, 0.25) is 5.91 Å². The molecular formula is C29H42N2O4. The van der Waals surface area contributed by atoms with Crippen LogP contribution in [0.1, 0.15) is 107 Å². The molecule has 0 aliphatic carbocycles. The molecule has 6 heteroatoms. The number of carbonyl (C=O) groups excluding carboxylic acids is 3. The van der Waals surface area contributed by atoms with Crippen LogP contribution in [0.15, 0.2) is 48.3 Å². The Bertz CT molecular complexity index is 890. The van der Waals surface area contributed by atoms with Gasteiger partial charge in [0.15, 0.2) is 5.78 Å². The zero-order valence-corrected chi connectivity index (χ0v) is 21.5. The zero-order chi connectivity index (χ0) is 25.5. The van der Waals surface area contributed by atoms with E-state index in [-0.39, 0.29) is 17.8 Å². The number of allylic oxidation sites excluding steroid dienone is 1. The van der Waals surface area contributed by atoms with Gasteiger partial charge in [0.05, 0.1) is 17.7 Å². The standard InChI is InChI=1S/C29H42N2O4/c1-3-5-6-7-8-9-10-11-12-13-16-23-17-14-18-24(21-23)28(33)25-19-20-31(22-26(25)29(30)34)35-27(32)15-4-2/h14,17-22,25H,3-13,15-16H2,1-2H3,(H2,30,34). The third kappa shape index (κ3) is 10.1. The predicted octanol–water partition coefficient (Wildman–Crippen LogP) is 6.41. The van der Waals surface area contributed by atoms with E-state index in [0.29, 0.717) is 12.0 Å². The molecular weight excluding hydrogens is 440 g/mol. The Hall–Kier alpha value is -2.89. The summed E-state index contributed by atoms with van der Waals surface area (Å²) in [7, 11) is 0. The second kappa shape index (κ2) is 15.9. The summed E-state index contributed by atoms with van der Waals surface area (Å²) in [4.78, 5) is 42.2. The fourth-order valence-corrected chi connectivity index (χ4v) is 4.28. The van der Waals surface area contributed by atoms with Crippen molar-refractivity contribution in [3.8, 4) is 0 Å². The highest BCUT2D eigenvalue weighted by Crippen LogP contribution is 2.25. The van der Waals surface area contributed by atoms with Crippen LogP contribution in [0.2, 0.25) is 0 Å². The monoisotopic (exact) mass is 482 g/mol. The highest BCUT2D eigenvalue weighted by molar-refractivity contribution is 6.07. The van der Waals surface area contributed by atoms with Gasteiger partial charge in [-0.15, -0.1) is 0 Å². The molecule has 1 aliphatic heterocycles. The predicted molar refractivity (Wildman–Crippen MR) is 139 cm³/mol. The van der Waals surface area contributed by atoms with Gasteiger partial charge in [-0.2, -0.15) is 5.06 Å². The first-order valence-corrected chi connectivity index (χ1v) is 13.3. The van der Waals surface area contributed by atoms with Gasteiger partial charge in [0, 0.05) is 18.2 Å². The molecule has 1 aromatic rings. The maximum atomic E-state index is 13.2. The quantitative estimate of drug-likeness (QED) is 0.205. The summed E-state index contributed by atoms with van der Waals surface area (Å²) in [5.74, 6) is -2.13. The van der Waals surface area contributed by atoms with Crippen LogP contribution in [0.5, 0.6) is 0 Å². The number of primary amides is 1. The molecule has 1 amide bonds. The average molecular weight is 483 g/mol. The summed E-state index contributed by atoms with van der Waals surface area (Å²) in [6.07, 6.45) is 19.1. The number of aryl methyl sites for hydroxylation is 1. The summed E-state index contributed by atoms with van der Waals surface area (Å²) in [5, 5.41) is 1.14. The average Bonchev–Trinajstić information content (AvgIpc) is 2.85. The van der Waals surface area contributed by atoms with Crippen molar-refractivity contribution in [2.45, 2.75) is 97.3 Å². The first-order chi connectivity index (χ1) is 17.0. The number of hydrogen-bond acceptors (Lipinski definition) is 5. The highest BCUT2D eigenvalue weighted by atomic mass is 16.7. The molecule has 0 spiro atoms. The highest BCUT2D eigenvalue weighted by Gasteiger charge is 2.29. The summed E-state index contributed by atoms with van der Waals surface area (Å²) >= 11 is 0. The van der Waals surface area contributed by atoms with Crippen molar-refractivity contribution in [3.05, 3.63) is 59.4 Å². The van der Waals surface area contributed by atoms with Crippen LogP contribution < -0.4 is 5.73 Å². The third-order valence-electron chi connectivity index (χ3n) is 6.29. The molecule has 1 atom stereocenters. The van der Waals surface area contributed by atoms with E-state index in [4.69, 9.17) is 10.6 Å². The van der Waals surface area contributed by atoms with E-state index in [9.17, 15) is 14.4 Å². The first kappa shape index (κ1) is 28.3. The Morgan fingerprint density at radius 2 is 1.57 bits per heavy atom. The van der Waals surface area contributed by atoms with Crippen molar-refractivity contribution in [2.24, 2.45) is 11.7 Å². The summed E-state index contributed by atoms with van der Waals surface area (Å²) in [6, 6.07) is 7.61. The number of amides is 1. The van der Waals surface area contributed by atoms with Crippen molar-refractivity contribution in [1.82, 2.24) is 5.06 Å². The van der Waals surface area contributed by atoms with Crippen molar-refractivity contribution in [2.75, 3.05) is 0 Å². The minimum Gasteiger partial charge on any atom is -0.366 e. The molecule has 1 unspecified atom stereocenters. The lowest BCUT2D eigenvalue weighted by molar-refractivity contribution is -0.169. The number of hydrogen-bond donors (Lipinski definition) is 1. The number of carbonyl (C=O) groups is 3. The van der Waals surface area contributed by atoms with E-state index in [1.807, 2.05) is 25.1 Å². The van der Waals surface area contributed by atoms with Gasteiger partial charge in [-0.1, -0.05) is 89.8 Å². The van der Waals surface area contributed by atoms with Crippen LogP contribution in [0.4, 0.5) is 0 Å². The lowest BCUT2D eigenvalue weighted by Gasteiger charge is -2.24. The van der Waals surface area contributed by atoms with Gasteiger partial charge >= 0.3 is 5.97 Å². The largest absolute Gasteiger partial charge is 0.366 e. The molecule has 1 aromatic carbocycles. The number of ketones is 1. The molecule has 0 saturated carbocycles. The Kier molecular flexibility index (Phi) is 12.9.